The summed E-state index contributed by atoms with van der Waals surface area (Å²) in [5.74, 6) is 1.59. The van der Waals surface area contributed by atoms with Gasteiger partial charge in [0.05, 0.1) is 12.6 Å². The summed E-state index contributed by atoms with van der Waals surface area (Å²) in [7, 11) is 3.64. The summed E-state index contributed by atoms with van der Waals surface area (Å²) in [6, 6.07) is 0.245. The molecule has 0 aliphatic heterocycles. The molecule has 20 heavy (non-hydrogen) atoms. The van der Waals surface area contributed by atoms with Gasteiger partial charge in [-0.1, -0.05) is 13.8 Å². The highest BCUT2D eigenvalue weighted by Gasteiger charge is 2.41. The van der Waals surface area contributed by atoms with Crippen molar-refractivity contribution in [1.29, 1.82) is 0 Å². The number of methoxy groups -OCH3 is 1. The van der Waals surface area contributed by atoms with E-state index in [2.05, 4.69) is 34.6 Å². The summed E-state index contributed by atoms with van der Waals surface area (Å²) in [5.41, 5.74) is -0.0955. The van der Waals surface area contributed by atoms with Crippen LogP contribution in [0.1, 0.15) is 45.4 Å². The van der Waals surface area contributed by atoms with Gasteiger partial charge in [-0.15, -0.1) is 10.2 Å². The molecule has 1 aromatic heterocycles. The summed E-state index contributed by atoms with van der Waals surface area (Å²) in [5, 5.41) is 15.9. The van der Waals surface area contributed by atoms with Crippen LogP contribution in [0, 0.1) is 5.92 Å². The average Bonchev–Trinajstić information content (AvgIpc) is 2.85. The first-order chi connectivity index (χ1) is 9.59. The van der Waals surface area contributed by atoms with Crippen molar-refractivity contribution in [2.24, 2.45) is 13.0 Å². The Hall–Kier alpha value is -1.01. The highest BCUT2D eigenvalue weighted by atomic mass is 16.5. The van der Waals surface area contributed by atoms with Gasteiger partial charge in [-0.2, -0.15) is 4.80 Å². The second kappa shape index (κ2) is 6.63. The van der Waals surface area contributed by atoms with Crippen molar-refractivity contribution >= 4 is 0 Å². The van der Waals surface area contributed by atoms with Gasteiger partial charge in [-0.05, 0) is 43.4 Å². The van der Waals surface area contributed by atoms with E-state index in [4.69, 9.17) is 4.74 Å². The molecule has 0 radical (unpaired) electrons. The van der Waals surface area contributed by atoms with Gasteiger partial charge in [0.15, 0.2) is 5.82 Å². The average molecular weight is 281 g/mol. The van der Waals surface area contributed by atoms with Crippen molar-refractivity contribution in [1.82, 2.24) is 25.5 Å². The Kier molecular flexibility index (Phi) is 5.10. The number of hydrogen-bond donors (Lipinski definition) is 1. The van der Waals surface area contributed by atoms with E-state index >= 15 is 0 Å². The van der Waals surface area contributed by atoms with E-state index in [1.807, 2.05) is 7.11 Å². The summed E-state index contributed by atoms with van der Waals surface area (Å²) in [4.78, 5) is 1.51. The maximum absolute atomic E-state index is 5.98. The smallest absolute Gasteiger partial charge is 0.176 e. The van der Waals surface area contributed by atoms with Crippen molar-refractivity contribution in [3.05, 3.63) is 5.82 Å². The van der Waals surface area contributed by atoms with Crippen LogP contribution < -0.4 is 5.32 Å². The second-order valence-electron chi connectivity index (χ2n) is 5.96. The minimum absolute atomic E-state index is 0.0955. The van der Waals surface area contributed by atoms with E-state index in [0.717, 1.165) is 37.5 Å². The van der Waals surface area contributed by atoms with Gasteiger partial charge in [0.2, 0.25) is 0 Å². The van der Waals surface area contributed by atoms with Crippen LogP contribution in [0.25, 0.3) is 0 Å². The zero-order chi connectivity index (χ0) is 14.6. The number of likely N-dealkylation sites (N-methyl/N-ethyl adjacent to an activating group) is 1. The molecule has 1 N–H and O–H groups in total. The normalized spacial score (nSPS) is 28.5. The fraction of sp³-hybridized carbons (Fsp3) is 0.929. The van der Waals surface area contributed by atoms with Gasteiger partial charge in [0.25, 0.3) is 0 Å². The summed E-state index contributed by atoms with van der Waals surface area (Å²) < 4.78 is 5.98. The molecule has 1 aliphatic carbocycles. The number of aromatic nitrogens is 4. The van der Waals surface area contributed by atoms with Crippen molar-refractivity contribution < 1.29 is 4.74 Å². The number of rotatable bonds is 6. The number of nitrogens with one attached hydrogen (secondary N) is 1. The first-order valence-electron chi connectivity index (χ1n) is 7.61. The van der Waals surface area contributed by atoms with Crippen molar-refractivity contribution in [3.63, 3.8) is 0 Å². The molecule has 1 fully saturated rings. The van der Waals surface area contributed by atoms with Crippen LogP contribution in [-0.2, 0) is 18.2 Å². The monoisotopic (exact) mass is 281 g/mol. The van der Waals surface area contributed by atoms with Gasteiger partial charge in [-0.3, -0.25) is 0 Å². The first-order valence-corrected chi connectivity index (χ1v) is 7.61. The molecule has 1 heterocycles. The van der Waals surface area contributed by atoms with E-state index in [-0.39, 0.29) is 11.6 Å². The lowest BCUT2D eigenvalue weighted by molar-refractivity contribution is -0.0746. The minimum atomic E-state index is -0.0955. The number of hydrogen-bond acceptors (Lipinski definition) is 5. The van der Waals surface area contributed by atoms with Crippen LogP contribution >= 0.6 is 0 Å². The van der Waals surface area contributed by atoms with E-state index in [1.165, 1.54) is 17.6 Å². The highest BCUT2D eigenvalue weighted by molar-refractivity contribution is 5.00. The molecular weight excluding hydrogens is 254 g/mol. The van der Waals surface area contributed by atoms with Crippen LogP contribution in [0.2, 0.25) is 0 Å². The Labute approximate surface area is 121 Å². The summed E-state index contributed by atoms with van der Waals surface area (Å²) >= 11 is 0. The third-order valence-corrected chi connectivity index (χ3v) is 4.55. The molecule has 114 valence electrons. The van der Waals surface area contributed by atoms with Crippen LogP contribution in [0.4, 0.5) is 0 Å². The van der Waals surface area contributed by atoms with Gasteiger partial charge >= 0.3 is 0 Å². The zero-order valence-corrected chi connectivity index (χ0v) is 13.1. The quantitative estimate of drug-likeness (QED) is 0.852. The molecule has 1 aromatic rings. The maximum Gasteiger partial charge on any atom is 0.176 e. The third-order valence-electron chi connectivity index (χ3n) is 4.55. The molecule has 1 unspecified atom stereocenters. The second-order valence-corrected chi connectivity index (χ2v) is 5.96. The SMILES string of the molecule is CCNC(Cc1nnn(C)n1)C1(OC)CCC(C)CC1. The molecule has 0 amide bonds. The van der Waals surface area contributed by atoms with Gasteiger partial charge in [0.1, 0.15) is 0 Å². The molecule has 0 aromatic carbocycles. The van der Waals surface area contributed by atoms with E-state index in [0.29, 0.717) is 0 Å². The van der Waals surface area contributed by atoms with E-state index < -0.39 is 0 Å². The molecule has 0 bridgehead atoms. The fourth-order valence-electron chi connectivity index (χ4n) is 3.22. The Morgan fingerprint density at radius 2 is 2.15 bits per heavy atom. The standard InChI is InChI=1S/C14H27N5O/c1-5-15-12(10-13-16-18-19(3)17-13)14(20-4)8-6-11(2)7-9-14/h11-12,15H,5-10H2,1-4H3. The van der Waals surface area contributed by atoms with Gasteiger partial charge in [-0.25, -0.2) is 0 Å². The van der Waals surface area contributed by atoms with Crippen LogP contribution in [0.5, 0.6) is 0 Å². The summed E-state index contributed by atoms with van der Waals surface area (Å²) in [6.45, 7) is 5.38. The van der Waals surface area contributed by atoms with Crippen molar-refractivity contribution in [2.45, 2.75) is 57.6 Å². The number of nitrogens with zero attached hydrogens (tertiary/aromatic N) is 4. The van der Waals surface area contributed by atoms with Crippen LogP contribution in [-0.4, -0.2) is 45.5 Å². The van der Waals surface area contributed by atoms with Crippen molar-refractivity contribution in [2.75, 3.05) is 13.7 Å². The van der Waals surface area contributed by atoms with Crippen LogP contribution in [0.15, 0.2) is 0 Å². The Bertz CT molecular complexity index is 411. The highest BCUT2D eigenvalue weighted by Crippen LogP contribution is 2.37. The molecule has 6 nitrogen and oxygen atoms in total. The lowest BCUT2D eigenvalue weighted by Crippen LogP contribution is -2.55. The summed E-state index contributed by atoms with van der Waals surface area (Å²) in [6.07, 6.45) is 5.42. The van der Waals surface area contributed by atoms with Gasteiger partial charge in [0, 0.05) is 19.6 Å². The molecule has 6 heteroatoms. The molecule has 2 rings (SSSR count). The molecule has 1 aliphatic rings. The molecule has 1 atom stereocenters. The predicted molar refractivity (Wildman–Crippen MR) is 77.3 cm³/mol. The topological polar surface area (TPSA) is 64.9 Å². The van der Waals surface area contributed by atoms with E-state index in [1.54, 1.807) is 7.05 Å². The van der Waals surface area contributed by atoms with Gasteiger partial charge < -0.3 is 10.1 Å². The maximum atomic E-state index is 5.98. The molecule has 0 spiro atoms. The largest absolute Gasteiger partial charge is 0.377 e. The Morgan fingerprint density at radius 1 is 1.45 bits per heavy atom. The Balaban J connectivity index is 2.12. The van der Waals surface area contributed by atoms with E-state index in [9.17, 15) is 0 Å². The predicted octanol–water partition coefficient (Wildman–Crippen LogP) is 1.33. The lowest BCUT2D eigenvalue weighted by Gasteiger charge is -2.44. The number of aryl methyl sites for hydroxylation is 1. The Morgan fingerprint density at radius 3 is 2.65 bits per heavy atom. The van der Waals surface area contributed by atoms with Crippen molar-refractivity contribution in [3.8, 4) is 0 Å². The molecule has 0 saturated heterocycles. The molecular formula is C14H27N5O. The number of tetrazole rings is 1. The minimum Gasteiger partial charge on any atom is -0.377 e. The molecule has 1 saturated carbocycles. The number of ether oxygens (including phenoxy) is 1. The lowest BCUT2D eigenvalue weighted by atomic mass is 9.74. The fourth-order valence-corrected chi connectivity index (χ4v) is 3.22. The first kappa shape index (κ1) is 15.4. The third kappa shape index (κ3) is 3.35. The zero-order valence-electron chi connectivity index (χ0n) is 13.1. The van der Waals surface area contributed by atoms with Crippen LogP contribution in [0.3, 0.4) is 0 Å².